The van der Waals surface area contributed by atoms with Crippen molar-refractivity contribution in [1.29, 1.82) is 0 Å². The van der Waals surface area contributed by atoms with Crippen LogP contribution in [0.4, 0.5) is 0 Å². The molecule has 0 saturated carbocycles. The highest BCUT2D eigenvalue weighted by atomic mass is 127. The Kier molecular flexibility index (Phi) is 11.6. The largest absolute Gasteiger partial charge is 0.356 e. The molecule has 1 unspecified atom stereocenters. The van der Waals surface area contributed by atoms with Crippen molar-refractivity contribution in [3.63, 3.8) is 0 Å². The first-order valence-corrected chi connectivity index (χ1v) is 10.9. The van der Waals surface area contributed by atoms with Crippen LogP contribution in [0.25, 0.3) is 0 Å². The molecule has 0 aliphatic rings. The topological polar surface area (TPSA) is 58.4 Å². The maximum absolute atomic E-state index is 11.8. The third-order valence-electron chi connectivity index (χ3n) is 5.35. The van der Waals surface area contributed by atoms with Gasteiger partial charge in [0.1, 0.15) is 0 Å². The zero-order valence-corrected chi connectivity index (χ0v) is 20.9. The fourth-order valence-corrected chi connectivity index (χ4v) is 3.63. The van der Waals surface area contributed by atoms with E-state index in [-0.39, 0.29) is 29.5 Å². The molecule has 2 aromatic carbocycles. The molecule has 3 rings (SSSR count). The Morgan fingerprint density at radius 2 is 1.59 bits per heavy atom. The number of pyridine rings is 1. The van der Waals surface area contributed by atoms with Crippen molar-refractivity contribution in [3.8, 4) is 0 Å². The maximum Gasteiger partial charge on any atom is 0.250 e. The molecule has 0 fully saturated rings. The maximum atomic E-state index is 11.8. The smallest absolute Gasteiger partial charge is 0.250 e. The zero-order chi connectivity index (χ0) is 21.7. The van der Waals surface area contributed by atoms with Crippen LogP contribution in [0.15, 0.2) is 94.8 Å². The van der Waals surface area contributed by atoms with Crippen LogP contribution in [0.2, 0.25) is 0 Å². The van der Waals surface area contributed by atoms with Crippen LogP contribution in [0.5, 0.6) is 0 Å². The highest BCUT2D eigenvalue weighted by Gasteiger charge is 2.13. The van der Waals surface area contributed by atoms with Crippen LogP contribution in [-0.2, 0) is 13.0 Å². The van der Waals surface area contributed by atoms with E-state index in [9.17, 15) is 4.79 Å². The standard InChI is InChI=1S/C26H32N4O.HI/c1-27-26(28-17-9-11-19-30-18-10-8-16-25(30)31)29-21-24(23-14-6-3-7-15-23)20-22-12-4-2-5-13-22;/h2-8,10,12-16,18,24H,9,11,17,19-21H2,1H3,(H2,27,28,29);1H. The van der Waals surface area contributed by atoms with E-state index in [0.29, 0.717) is 5.92 Å². The van der Waals surface area contributed by atoms with Crippen molar-refractivity contribution < 1.29 is 0 Å². The third-order valence-corrected chi connectivity index (χ3v) is 5.35. The Labute approximate surface area is 208 Å². The van der Waals surface area contributed by atoms with Gasteiger partial charge in [0, 0.05) is 44.9 Å². The molecule has 1 atom stereocenters. The first-order valence-electron chi connectivity index (χ1n) is 10.9. The Hall–Kier alpha value is -2.61. The monoisotopic (exact) mass is 544 g/mol. The van der Waals surface area contributed by atoms with E-state index >= 15 is 0 Å². The summed E-state index contributed by atoms with van der Waals surface area (Å²) in [4.78, 5) is 16.1. The van der Waals surface area contributed by atoms with Crippen LogP contribution in [-0.4, -0.2) is 30.7 Å². The molecule has 32 heavy (non-hydrogen) atoms. The number of hydrogen-bond acceptors (Lipinski definition) is 2. The number of unbranched alkanes of at least 4 members (excludes halogenated alkanes) is 1. The number of guanidine groups is 1. The molecule has 0 bridgehead atoms. The van der Waals surface area contributed by atoms with Crippen LogP contribution in [0, 0.1) is 0 Å². The molecule has 0 spiro atoms. The highest BCUT2D eigenvalue weighted by Crippen LogP contribution is 2.20. The van der Waals surface area contributed by atoms with Crippen molar-refractivity contribution in [2.75, 3.05) is 20.1 Å². The number of aromatic nitrogens is 1. The number of halogens is 1. The SMILES string of the molecule is CN=C(NCCCCn1ccccc1=O)NCC(Cc1ccccc1)c1ccccc1.I. The Morgan fingerprint density at radius 3 is 2.28 bits per heavy atom. The van der Waals surface area contributed by atoms with E-state index in [1.807, 2.05) is 12.3 Å². The lowest BCUT2D eigenvalue weighted by atomic mass is 9.92. The summed E-state index contributed by atoms with van der Waals surface area (Å²) in [5, 5.41) is 6.88. The summed E-state index contributed by atoms with van der Waals surface area (Å²) in [7, 11) is 1.80. The Morgan fingerprint density at radius 1 is 0.906 bits per heavy atom. The van der Waals surface area contributed by atoms with Gasteiger partial charge in [-0.2, -0.15) is 0 Å². The summed E-state index contributed by atoms with van der Waals surface area (Å²) in [6.07, 6.45) is 4.72. The number of aryl methyl sites for hydroxylation is 1. The minimum absolute atomic E-state index is 0. The van der Waals surface area contributed by atoms with Gasteiger partial charge in [0.2, 0.25) is 5.56 Å². The van der Waals surface area contributed by atoms with Gasteiger partial charge in [-0.3, -0.25) is 9.79 Å². The first-order chi connectivity index (χ1) is 15.3. The predicted octanol–water partition coefficient (Wildman–Crippen LogP) is 4.44. The summed E-state index contributed by atoms with van der Waals surface area (Å²) in [5.41, 5.74) is 2.71. The Balaban J connectivity index is 0.00000363. The third kappa shape index (κ3) is 8.49. The molecule has 0 radical (unpaired) electrons. The summed E-state index contributed by atoms with van der Waals surface area (Å²) in [6, 6.07) is 26.5. The number of benzene rings is 2. The van der Waals surface area contributed by atoms with Crippen LogP contribution in [0.1, 0.15) is 29.9 Å². The van der Waals surface area contributed by atoms with Crippen molar-refractivity contribution in [3.05, 3.63) is 107 Å². The molecule has 3 aromatic rings. The first kappa shape index (κ1) is 25.6. The van der Waals surface area contributed by atoms with E-state index in [4.69, 9.17) is 0 Å². The fraction of sp³-hybridized carbons (Fsp3) is 0.308. The van der Waals surface area contributed by atoms with Gasteiger partial charge >= 0.3 is 0 Å². The number of hydrogen-bond donors (Lipinski definition) is 2. The average molecular weight is 544 g/mol. The van der Waals surface area contributed by atoms with Gasteiger partial charge in [-0.25, -0.2) is 0 Å². The molecule has 0 aliphatic carbocycles. The molecule has 170 valence electrons. The summed E-state index contributed by atoms with van der Waals surface area (Å²) >= 11 is 0. The normalized spacial score (nSPS) is 12.0. The average Bonchev–Trinajstić information content (AvgIpc) is 2.82. The molecule has 2 N–H and O–H groups in total. The minimum Gasteiger partial charge on any atom is -0.356 e. The fourth-order valence-electron chi connectivity index (χ4n) is 3.63. The van der Waals surface area contributed by atoms with Crippen LogP contribution < -0.4 is 16.2 Å². The molecular weight excluding hydrogens is 511 g/mol. The lowest BCUT2D eigenvalue weighted by Gasteiger charge is -2.20. The summed E-state index contributed by atoms with van der Waals surface area (Å²) in [6.45, 7) is 2.36. The van der Waals surface area contributed by atoms with Gasteiger partial charge in [-0.15, -0.1) is 24.0 Å². The molecule has 6 heteroatoms. The van der Waals surface area contributed by atoms with Crippen molar-refractivity contribution in [2.45, 2.75) is 31.7 Å². The van der Waals surface area contributed by atoms with Crippen molar-refractivity contribution >= 4 is 29.9 Å². The predicted molar refractivity (Wildman–Crippen MR) is 144 cm³/mol. The van der Waals surface area contributed by atoms with E-state index in [0.717, 1.165) is 44.9 Å². The molecule has 0 amide bonds. The zero-order valence-electron chi connectivity index (χ0n) is 18.6. The quantitative estimate of drug-likeness (QED) is 0.172. The van der Waals surface area contributed by atoms with E-state index in [2.05, 4.69) is 76.3 Å². The van der Waals surface area contributed by atoms with Gasteiger partial charge in [0.25, 0.3) is 0 Å². The van der Waals surface area contributed by atoms with Gasteiger partial charge in [0.05, 0.1) is 0 Å². The molecular formula is C26H33IN4O. The van der Waals surface area contributed by atoms with Crippen molar-refractivity contribution in [2.24, 2.45) is 4.99 Å². The molecule has 0 aliphatic heterocycles. The van der Waals surface area contributed by atoms with Crippen molar-refractivity contribution in [1.82, 2.24) is 15.2 Å². The van der Waals surface area contributed by atoms with E-state index in [1.165, 1.54) is 11.1 Å². The molecule has 5 nitrogen and oxygen atoms in total. The summed E-state index contributed by atoms with van der Waals surface area (Å²) in [5.74, 6) is 1.16. The number of rotatable bonds is 10. The number of nitrogens with one attached hydrogen (secondary N) is 2. The molecule has 0 saturated heterocycles. The van der Waals surface area contributed by atoms with Crippen LogP contribution >= 0.6 is 24.0 Å². The van der Waals surface area contributed by atoms with Gasteiger partial charge in [0.15, 0.2) is 5.96 Å². The lowest BCUT2D eigenvalue weighted by Crippen LogP contribution is -2.40. The second-order valence-corrected chi connectivity index (χ2v) is 7.62. The minimum atomic E-state index is 0. The summed E-state index contributed by atoms with van der Waals surface area (Å²) < 4.78 is 1.75. The second kappa shape index (κ2) is 14.5. The number of aliphatic imine (C=N–C) groups is 1. The van der Waals surface area contributed by atoms with Gasteiger partial charge < -0.3 is 15.2 Å². The highest BCUT2D eigenvalue weighted by molar-refractivity contribution is 14.0. The molecule has 1 heterocycles. The van der Waals surface area contributed by atoms with E-state index < -0.39 is 0 Å². The van der Waals surface area contributed by atoms with Gasteiger partial charge in [-0.05, 0) is 36.5 Å². The van der Waals surface area contributed by atoms with Crippen LogP contribution in [0.3, 0.4) is 0 Å². The van der Waals surface area contributed by atoms with E-state index in [1.54, 1.807) is 23.7 Å². The lowest BCUT2D eigenvalue weighted by molar-refractivity contribution is 0.582. The number of nitrogens with zero attached hydrogens (tertiary/aromatic N) is 2. The second-order valence-electron chi connectivity index (χ2n) is 7.62. The Bertz CT molecular complexity index is 989. The molecule has 1 aromatic heterocycles. The van der Waals surface area contributed by atoms with Gasteiger partial charge in [-0.1, -0.05) is 66.7 Å².